The van der Waals surface area contributed by atoms with Crippen LogP contribution in [0.25, 0.3) is 0 Å². The van der Waals surface area contributed by atoms with Crippen molar-refractivity contribution in [3.63, 3.8) is 0 Å². The highest BCUT2D eigenvalue weighted by molar-refractivity contribution is 5.39. The first-order chi connectivity index (χ1) is 9.38. The summed E-state index contributed by atoms with van der Waals surface area (Å²) in [6, 6.07) is 5.48. The van der Waals surface area contributed by atoms with Gasteiger partial charge in [0.2, 0.25) is 0 Å². The molecular weight excluding hydrogens is 277 g/mol. The molecule has 0 amide bonds. The second-order valence-electron chi connectivity index (χ2n) is 4.62. The lowest BCUT2D eigenvalue weighted by molar-refractivity contribution is -0.275. The molecule has 0 aromatic heterocycles. The number of hydrogen-bond acceptors (Lipinski definition) is 4. The molecular formula is C13H15F3O4. The van der Waals surface area contributed by atoms with E-state index in [-0.39, 0.29) is 12.4 Å². The smallest absolute Gasteiger partial charge is 0.487 e. The van der Waals surface area contributed by atoms with E-state index in [1.807, 2.05) is 0 Å². The van der Waals surface area contributed by atoms with Crippen LogP contribution in [-0.4, -0.2) is 36.9 Å². The van der Waals surface area contributed by atoms with Gasteiger partial charge in [0.05, 0.1) is 0 Å². The summed E-state index contributed by atoms with van der Waals surface area (Å²) >= 11 is 0. The first kappa shape index (κ1) is 14.9. The molecule has 0 spiro atoms. The van der Waals surface area contributed by atoms with E-state index >= 15 is 0 Å². The predicted molar refractivity (Wildman–Crippen MR) is 63.6 cm³/mol. The summed E-state index contributed by atoms with van der Waals surface area (Å²) in [6.45, 7) is 0.704. The van der Waals surface area contributed by atoms with Crippen molar-refractivity contribution in [2.75, 3.05) is 19.8 Å². The Bertz CT molecular complexity index is 441. The average Bonchev–Trinajstić information content (AvgIpc) is 2.37. The minimum Gasteiger partial charge on any atom is -0.487 e. The highest BCUT2D eigenvalue weighted by Gasteiger charge is 2.34. The Balaban J connectivity index is 2.02. The monoisotopic (exact) mass is 292 g/mol. The highest BCUT2D eigenvalue weighted by atomic mass is 19.4. The van der Waals surface area contributed by atoms with Crippen LogP contribution in [0.1, 0.15) is 12.8 Å². The van der Waals surface area contributed by atoms with Gasteiger partial charge >= 0.3 is 6.36 Å². The fourth-order valence-corrected chi connectivity index (χ4v) is 1.89. The molecule has 1 aromatic carbocycles. The van der Waals surface area contributed by atoms with Crippen LogP contribution in [0.2, 0.25) is 0 Å². The summed E-state index contributed by atoms with van der Waals surface area (Å²) in [5, 5.41) is 10.2. The van der Waals surface area contributed by atoms with Crippen LogP contribution in [0.4, 0.5) is 13.2 Å². The van der Waals surface area contributed by atoms with Crippen molar-refractivity contribution in [1.82, 2.24) is 0 Å². The van der Waals surface area contributed by atoms with Gasteiger partial charge in [0.25, 0.3) is 0 Å². The van der Waals surface area contributed by atoms with Crippen molar-refractivity contribution in [2.24, 2.45) is 0 Å². The Morgan fingerprint density at radius 3 is 2.35 bits per heavy atom. The van der Waals surface area contributed by atoms with Crippen molar-refractivity contribution in [1.29, 1.82) is 0 Å². The zero-order valence-electron chi connectivity index (χ0n) is 10.7. The Morgan fingerprint density at radius 2 is 1.75 bits per heavy atom. The summed E-state index contributed by atoms with van der Waals surface area (Å²) in [7, 11) is 0. The van der Waals surface area contributed by atoms with Gasteiger partial charge in [0, 0.05) is 26.1 Å². The molecule has 1 aliphatic rings. The molecule has 2 rings (SSSR count). The number of alkyl halides is 3. The molecule has 7 heteroatoms. The van der Waals surface area contributed by atoms with E-state index in [2.05, 4.69) is 4.74 Å². The van der Waals surface area contributed by atoms with E-state index in [1.54, 1.807) is 0 Å². The molecule has 1 N–H and O–H groups in total. The van der Waals surface area contributed by atoms with Crippen LogP contribution in [-0.2, 0) is 4.74 Å². The second kappa shape index (κ2) is 5.88. The normalized spacial score (nSPS) is 18.6. The molecule has 112 valence electrons. The molecule has 0 atom stereocenters. The molecule has 1 fully saturated rings. The van der Waals surface area contributed by atoms with Gasteiger partial charge in [-0.3, -0.25) is 0 Å². The van der Waals surface area contributed by atoms with Gasteiger partial charge in [-0.1, -0.05) is 12.1 Å². The Morgan fingerprint density at radius 1 is 1.15 bits per heavy atom. The minimum atomic E-state index is -4.78. The van der Waals surface area contributed by atoms with Crippen molar-refractivity contribution in [3.8, 4) is 11.5 Å². The highest BCUT2D eigenvalue weighted by Crippen LogP contribution is 2.33. The molecule has 1 saturated heterocycles. The molecule has 0 radical (unpaired) electrons. The van der Waals surface area contributed by atoms with E-state index in [9.17, 15) is 18.3 Å². The van der Waals surface area contributed by atoms with Crippen LogP contribution in [0, 0.1) is 0 Å². The molecule has 0 bridgehead atoms. The zero-order chi connectivity index (χ0) is 14.6. The van der Waals surface area contributed by atoms with E-state index in [4.69, 9.17) is 9.47 Å². The van der Waals surface area contributed by atoms with Crippen LogP contribution in [0.3, 0.4) is 0 Å². The number of hydrogen-bond donors (Lipinski definition) is 1. The maximum Gasteiger partial charge on any atom is 0.573 e. The summed E-state index contributed by atoms with van der Waals surface area (Å²) < 4.78 is 51.0. The SMILES string of the molecule is OC1(COc2ccccc2OC(F)(F)F)CCOCC1. The lowest BCUT2D eigenvalue weighted by Gasteiger charge is -2.31. The molecule has 0 aliphatic carbocycles. The number of benzene rings is 1. The van der Waals surface area contributed by atoms with Crippen molar-refractivity contribution in [3.05, 3.63) is 24.3 Å². The van der Waals surface area contributed by atoms with Gasteiger partial charge in [-0.25, -0.2) is 0 Å². The van der Waals surface area contributed by atoms with Gasteiger partial charge in [-0.2, -0.15) is 0 Å². The van der Waals surface area contributed by atoms with Crippen molar-refractivity contribution < 1.29 is 32.5 Å². The lowest BCUT2D eigenvalue weighted by atomic mass is 9.96. The summed E-state index contributed by atoms with van der Waals surface area (Å²) in [5.74, 6) is -0.472. The summed E-state index contributed by atoms with van der Waals surface area (Å²) in [4.78, 5) is 0. The largest absolute Gasteiger partial charge is 0.573 e. The topological polar surface area (TPSA) is 47.9 Å². The van der Waals surface area contributed by atoms with Gasteiger partial charge in [-0.05, 0) is 12.1 Å². The van der Waals surface area contributed by atoms with Gasteiger partial charge in [0.1, 0.15) is 12.2 Å². The van der Waals surface area contributed by atoms with E-state index < -0.39 is 17.7 Å². The number of ether oxygens (including phenoxy) is 3. The quantitative estimate of drug-likeness (QED) is 0.926. The molecule has 4 nitrogen and oxygen atoms in total. The third-order valence-corrected chi connectivity index (χ3v) is 2.99. The summed E-state index contributed by atoms with van der Waals surface area (Å²) in [5.41, 5.74) is -1.08. The molecule has 1 aliphatic heterocycles. The van der Waals surface area contributed by atoms with Crippen LogP contribution in [0.15, 0.2) is 24.3 Å². The van der Waals surface area contributed by atoms with Crippen LogP contribution < -0.4 is 9.47 Å². The van der Waals surface area contributed by atoms with Gasteiger partial charge < -0.3 is 19.3 Å². The molecule has 1 heterocycles. The second-order valence-corrected chi connectivity index (χ2v) is 4.62. The predicted octanol–water partition coefficient (Wildman–Crippen LogP) is 2.51. The zero-order valence-corrected chi connectivity index (χ0v) is 10.7. The van der Waals surface area contributed by atoms with E-state index in [0.29, 0.717) is 26.1 Å². The van der Waals surface area contributed by atoms with E-state index in [0.717, 1.165) is 6.07 Å². The summed E-state index contributed by atoms with van der Waals surface area (Å²) in [6.07, 6.45) is -4.01. The fraction of sp³-hybridized carbons (Fsp3) is 0.538. The van der Waals surface area contributed by atoms with Crippen LogP contribution >= 0.6 is 0 Å². The maximum absolute atomic E-state index is 12.2. The van der Waals surface area contributed by atoms with E-state index in [1.165, 1.54) is 18.2 Å². The number of para-hydroxylation sites is 2. The Labute approximate surface area is 114 Å². The third-order valence-electron chi connectivity index (χ3n) is 2.99. The molecule has 1 aromatic rings. The fourth-order valence-electron chi connectivity index (χ4n) is 1.89. The number of halogens is 3. The Kier molecular flexibility index (Phi) is 4.39. The Hall–Kier alpha value is -1.47. The minimum absolute atomic E-state index is 0.0512. The first-order valence-corrected chi connectivity index (χ1v) is 6.16. The lowest BCUT2D eigenvalue weighted by Crippen LogP contribution is -2.41. The third kappa shape index (κ3) is 4.28. The maximum atomic E-state index is 12.2. The standard InChI is InChI=1S/C13H15F3O4/c14-13(15,16)20-11-4-2-1-3-10(11)19-9-12(17)5-7-18-8-6-12/h1-4,17H,5-9H2. The number of rotatable bonds is 4. The van der Waals surface area contributed by atoms with Crippen molar-refractivity contribution in [2.45, 2.75) is 24.8 Å². The van der Waals surface area contributed by atoms with Gasteiger partial charge in [0.15, 0.2) is 11.5 Å². The molecule has 0 unspecified atom stereocenters. The average molecular weight is 292 g/mol. The number of aliphatic hydroxyl groups is 1. The molecule has 0 saturated carbocycles. The first-order valence-electron chi connectivity index (χ1n) is 6.16. The van der Waals surface area contributed by atoms with Crippen molar-refractivity contribution >= 4 is 0 Å². The van der Waals surface area contributed by atoms with Gasteiger partial charge in [-0.15, -0.1) is 13.2 Å². The molecule has 20 heavy (non-hydrogen) atoms. The van der Waals surface area contributed by atoms with Crippen LogP contribution in [0.5, 0.6) is 11.5 Å².